The summed E-state index contributed by atoms with van der Waals surface area (Å²) in [5.74, 6) is -0.733. The molecule has 3 aromatic rings. The number of nitrogens with one attached hydrogen (secondary N) is 1. The van der Waals surface area contributed by atoms with E-state index in [1.165, 1.54) is 12.7 Å². The van der Waals surface area contributed by atoms with Crippen LogP contribution in [0.4, 0.5) is 0 Å². The van der Waals surface area contributed by atoms with Crippen LogP contribution < -0.4 is 0 Å². The highest BCUT2D eigenvalue weighted by atomic mass is 16.5. The van der Waals surface area contributed by atoms with Gasteiger partial charge in [-0.1, -0.05) is 48.5 Å². The Kier molecular flexibility index (Phi) is 5.76. The quantitative estimate of drug-likeness (QED) is 0.505. The molecular formula is C24H26N2O3. The van der Waals surface area contributed by atoms with E-state index in [-0.39, 0.29) is 24.2 Å². The van der Waals surface area contributed by atoms with Gasteiger partial charge in [0.25, 0.3) is 0 Å². The average molecular weight is 390 g/mol. The minimum absolute atomic E-state index is 0.0371. The van der Waals surface area contributed by atoms with Crippen molar-refractivity contribution in [2.75, 3.05) is 13.7 Å². The Balaban J connectivity index is 1.72. The molecule has 1 fully saturated rings. The van der Waals surface area contributed by atoms with Crippen molar-refractivity contribution in [3.05, 3.63) is 71.9 Å². The molecular weight excluding hydrogens is 364 g/mol. The van der Waals surface area contributed by atoms with Gasteiger partial charge in [-0.2, -0.15) is 0 Å². The van der Waals surface area contributed by atoms with Crippen molar-refractivity contribution in [1.82, 2.24) is 9.88 Å². The number of rotatable bonds is 6. The van der Waals surface area contributed by atoms with Crippen molar-refractivity contribution < 1.29 is 14.3 Å². The van der Waals surface area contributed by atoms with Gasteiger partial charge in [0.1, 0.15) is 12.2 Å². The van der Waals surface area contributed by atoms with Crippen LogP contribution in [0.2, 0.25) is 0 Å². The molecule has 1 aliphatic rings. The number of benzene rings is 2. The number of aromatic nitrogens is 1. The standard InChI is InChI=1S/C24H26N2O3/c1-29-23(28)14-22(27)19-11-7-13-26(16-17-8-3-2-4-9-17)24(19)20-15-25-21-12-6-5-10-18(20)21/h2-6,8-10,12,15,19,24-25H,7,11,13-14,16H2,1H3/t19-,24-/m0/s1. The number of fused-ring (bicyclic) bond motifs is 1. The Morgan fingerprint density at radius 1 is 1.10 bits per heavy atom. The largest absolute Gasteiger partial charge is 0.469 e. The normalized spacial score (nSPS) is 19.9. The molecule has 0 spiro atoms. The third-order valence-corrected chi connectivity index (χ3v) is 5.86. The van der Waals surface area contributed by atoms with E-state index in [1.807, 2.05) is 36.5 Å². The van der Waals surface area contributed by atoms with Gasteiger partial charge in [-0.15, -0.1) is 0 Å². The summed E-state index contributed by atoms with van der Waals surface area (Å²) in [6.45, 7) is 1.69. The average Bonchev–Trinajstić information content (AvgIpc) is 3.18. The Hall–Kier alpha value is -2.92. The molecule has 0 amide bonds. The third-order valence-electron chi connectivity index (χ3n) is 5.86. The first kappa shape index (κ1) is 19.4. The molecule has 1 aliphatic heterocycles. The molecule has 0 saturated carbocycles. The van der Waals surface area contributed by atoms with Gasteiger partial charge in [-0.05, 0) is 36.6 Å². The SMILES string of the molecule is COC(=O)CC(=O)[C@@H]1CCCN(Cc2ccccc2)[C@@H]1c1c[nH]c2ccccc12. The van der Waals surface area contributed by atoms with Crippen molar-refractivity contribution in [1.29, 1.82) is 0 Å². The Bertz CT molecular complexity index is 996. The molecule has 1 saturated heterocycles. The Labute approximate surface area is 170 Å². The number of ether oxygens (including phenoxy) is 1. The van der Waals surface area contributed by atoms with Crippen LogP contribution in [0, 0.1) is 5.92 Å². The molecule has 5 heteroatoms. The first-order chi connectivity index (χ1) is 14.2. The van der Waals surface area contributed by atoms with Crippen LogP contribution >= 0.6 is 0 Å². The van der Waals surface area contributed by atoms with Gasteiger partial charge in [0, 0.05) is 35.6 Å². The molecule has 0 unspecified atom stereocenters. The number of Topliss-reactive ketones (excluding diaryl/α,β-unsaturated/α-hetero) is 1. The third kappa shape index (κ3) is 4.10. The number of ketones is 1. The number of hydrogen-bond donors (Lipinski definition) is 1. The fourth-order valence-corrected chi connectivity index (χ4v) is 4.50. The maximum absolute atomic E-state index is 13.1. The van der Waals surface area contributed by atoms with Gasteiger partial charge < -0.3 is 9.72 Å². The second-order valence-electron chi connectivity index (χ2n) is 7.66. The molecule has 0 bridgehead atoms. The second-order valence-corrected chi connectivity index (χ2v) is 7.66. The fraction of sp³-hybridized carbons (Fsp3) is 0.333. The van der Waals surface area contributed by atoms with E-state index < -0.39 is 5.97 Å². The van der Waals surface area contributed by atoms with E-state index in [1.54, 1.807) is 0 Å². The minimum Gasteiger partial charge on any atom is -0.469 e. The molecule has 5 nitrogen and oxygen atoms in total. The summed E-state index contributed by atoms with van der Waals surface area (Å²) in [6.07, 6.45) is 3.57. The Morgan fingerprint density at radius 3 is 2.66 bits per heavy atom. The van der Waals surface area contributed by atoms with Crippen LogP contribution in [-0.2, 0) is 20.9 Å². The van der Waals surface area contributed by atoms with E-state index in [4.69, 9.17) is 4.74 Å². The number of methoxy groups -OCH3 is 1. The van der Waals surface area contributed by atoms with E-state index in [0.29, 0.717) is 0 Å². The molecule has 150 valence electrons. The van der Waals surface area contributed by atoms with Crippen LogP contribution in [0.25, 0.3) is 10.9 Å². The van der Waals surface area contributed by atoms with Crippen molar-refractivity contribution >= 4 is 22.7 Å². The monoisotopic (exact) mass is 390 g/mol. The number of carbonyl (C=O) groups excluding carboxylic acids is 2. The summed E-state index contributed by atoms with van der Waals surface area (Å²) >= 11 is 0. The first-order valence-corrected chi connectivity index (χ1v) is 10.1. The van der Waals surface area contributed by atoms with Gasteiger partial charge >= 0.3 is 5.97 Å². The number of carbonyl (C=O) groups is 2. The van der Waals surface area contributed by atoms with Crippen molar-refractivity contribution in [3.8, 4) is 0 Å². The van der Waals surface area contributed by atoms with E-state index in [9.17, 15) is 9.59 Å². The predicted octanol–water partition coefficient (Wildman–Crippen LogP) is 4.25. The van der Waals surface area contributed by atoms with E-state index in [0.717, 1.165) is 42.4 Å². The van der Waals surface area contributed by atoms with Crippen LogP contribution in [0.5, 0.6) is 0 Å². The van der Waals surface area contributed by atoms with Crippen LogP contribution in [0.15, 0.2) is 60.8 Å². The lowest BCUT2D eigenvalue weighted by Gasteiger charge is -2.41. The lowest BCUT2D eigenvalue weighted by Crippen LogP contribution is -2.42. The van der Waals surface area contributed by atoms with Crippen LogP contribution in [0.3, 0.4) is 0 Å². The number of aromatic amines is 1. The summed E-state index contributed by atoms with van der Waals surface area (Å²) < 4.78 is 4.75. The molecule has 29 heavy (non-hydrogen) atoms. The smallest absolute Gasteiger partial charge is 0.313 e. The van der Waals surface area contributed by atoms with Crippen molar-refractivity contribution in [3.63, 3.8) is 0 Å². The number of esters is 1. The van der Waals surface area contributed by atoms with E-state index in [2.05, 4.69) is 34.1 Å². The zero-order valence-corrected chi connectivity index (χ0v) is 16.6. The second kappa shape index (κ2) is 8.62. The number of H-pyrrole nitrogens is 1. The molecule has 4 rings (SSSR count). The Morgan fingerprint density at radius 2 is 1.86 bits per heavy atom. The highest BCUT2D eigenvalue weighted by Crippen LogP contribution is 2.41. The van der Waals surface area contributed by atoms with Crippen LogP contribution in [0.1, 0.15) is 36.4 Å². The van der Waals surface area contributed by atoms with Crippen molar-refractivity contribution in [2.45, 2.75) is 31.8 Å². The highest BCUT2D eigenvalue weighted by molar-refractivity contribution is 5.97. The molecule has 0 radical (unpaired) electrons. The summed E-state index contributed by atoms with van der Waals surface area (Å²) in [5.41, 5.74) is 3.41. The number of likely N-dealkylation sites (tertiary alicyclic amines) is 1. The molecule has 1 N–H and O–H groups in total. The number of hydrogen-bond acceptors (Lipinski definition) is 4. The summed E-state index contributed by atoms with van der Waals surface area (Å²) in [4.78, 5) is 30.6. The topological polar surface area (TPSA) is 62.4 Å². The fourth-order valence-electron chi connectivity index (χ4n) is 4.50. The van der Waals surface area contributed by atoms with Gasteiger partial charge in [0.2, 0.25) is 0 Å². The van der Waals surface area contributed by atoms with Gasteiger partial charge in [-0.25, -0.2) is 0 Å². The van der Waals surface area contributed by atoms with Gasteiger partial charge in [0.05, 0.1) is 7.11 Å². The van der Waals surface area contributed by atoms with Gasteiger partial charge in [0.15, 0.2) is 0 Å². The predicted molar refractivity (Wildman–Crippen MR) is 112 cm³/mol. The zero-order chi connectivity index (χ0) is 20.2. The zero-order valence-electron chi connectivity index (χ0n) is 16.6. The first-order valence-electron chi connectivity index (χ1n) is 10.1. The summed E-state index contributed by atoms with van der Waals surface area (Å²) in [5, 5.41) is 1.13. The lowest BCUT2D eigenvalue weighted by molar-refractivity contribution is -0.145. The number of piperidine rings is 1. The number of nitrogens with zero attached hydrogens (tertiary/aromatic N) is 1. The summed E-state index contributed by atoms with van der Waals surface area (Å²) in [7, 11) is 1.33. The molecule has 1 aromatic heterocycles. The highest BCUT2D eigenvalue weighted by Gasteiger charge is 2.38. The minimum atomic E-state index is -0.465. The molecule has 2 aromatic carbocycles. The molecule has 0 aliphatic carbocycles. The maximum Gasteiger partial charge on any atom is 0.313 e. The summed E-state index contributed by atoms with van der Waals surface area (Å²) in [6, 6.07) is 18.4. The van der Waals surface area contributed by atoms with Gasteiger partial charge in [-0.3, -0.25) is 14.5 Å². The molecule has 2 atom stereocenters. The van der Waals surface area contributed by atoms with Crippen molar-refractivity contribution in [2.24, 2.45) is 5.92 Å². The van der Waals surface area contributed by atoms with Crippen LogP contribution in [-0.4, -0.2) is 35.3 Å². The van der Waals surface area contributed by atoms with E-state index >= 15 is 0 Å². The number of para-hydroxylation sites is 1. The molecule has 2 heterocycles. The lowest BCUT2D eigenvalue weighted by atomic mass is 9.80. The maximum atomic E-state index is 13.1.